The van der Waals surface area contributed by atoms with Gasteiger partial charge in [-0.3, -0.25) is 0 Å². The Bertz CT molecular complexity index is 271. The molecule has 0 saturated heterocycles. The number of hydrogen-bond acceptors (Lipinski definition) is 2. The van der Waals surface area contributed by atoms with Crippen molar-refractivity contribution in [1.82, 2.24) is 0 Å². The predicted octanol–water partition coefficient (Wildman–Crippen LogP) is 3.33. The van der Waals surface area contributed by atoms with Gasteiger partial charge in [-0.15, -0.1) is 0 Å². The lowest BCUT2D eigenvalue weighted by Gasteiger charge is -2.40. The van der Waals surface area contributed by atoms with Gasteiger partial charge in [-0.25, -0.2) is 4.79 Å². The van der Waals surface area contributed by atoms with E-state index in [-0.39, 0.29) is 6.10 Å². The molecule has 3 heteroatoms. The highest BCUT2D eigenvalue weighted by molar-refractivity contribution is 5.76. The van der Waals surface area contributed by atoms with E-state index >= 15 is 0 Å². The number of hydrogen-bond donors (Lipinski definition) is 1. The van der Waals surface area contributed by atoms with Crippen molar-refractivity contribution >= 4 is 5.97 Å². The summed E-state index contributed by atoms with van der Waals surface area (Å²) in [5, 5.41) is 9.14. The van der Waals surface area contributed by atoms with Crippen LogP contribution in [0.25, 0.3) is 0 Å². The molecule has 3 nitrogen and oxygen atoms in total. The second kappa shape index (κ2) is 5.38. The molecule has 0 amide bonds. The average Bonchev–Trinajstić information content (AvgIpc) is 2.15. The van der Waals surface area contributed by atoms with Gasteiger partial charge in [-0.1, -0.05) is 27.2 Å². The van der Waals surface area contributed by atoms with Crippen molar-refractivity contribution in [2.24, 2.45) is 17.8 Å². The molecule has 0 bridgehead atoms. The fourth-order valence-electron chi connectivity index (χ4n) is 2.68. The molecule has 3 unspecified atom stereocenters. The molecule has 0 aromatic rings. The molecule has 0 spiro atoms. The van der Waals surface area contributed by atoms with Gasteiger partial charge in [-0.2, -0.15) is 0 Å². The van der Waals surface area contributed by atoms with Crippen LogP contribution in [0.4, 0.5) is 0 Å². The lowest BCUT2D eigenvalue weighted by atomic mass is 9.75. The number of aliphatic carboxylic acids is 1. The van der Waals surface area contributed by atoms with Crippen LogP contribution in [-0.4, -0.2) is 22.8 Å². The van der Waals surface area contributed by atoms with Crippen molar-refractivity contribution < 1.29 is 14.6 Å². The first kappa shape index (κ1) is 14.5. The largest absolute Gasteiger partial charge is 0.479 e. The van der Waals surface area contributed by atoms with Crippen molar-refractivity contribution in [3.8, 4) is 0 Å². The molecule has 1 rings (SSSR count). The zero-order chi connectivity index (χ0) is 13.2. The van der Waals surface area contributed by atoms with Crippen molar-refractivity contribution in [3.05, 3.63) is 0 Å². The van der Waals surface area contributed by atoms with E-state index < -0.39 is 11.6 Å². The molecule has 100 valence electrons. The Morgan fingerprint density at radius 1 is 1.35 bits per heavy atom. The first-order valence-electron chi connectivity index (χ1n) is 6.65. The number of carboxylic acids is 1. The van der Waals surface area contributed by atoms with Gasteiger partial charge in [-0.05, 0) is 44.4 Å². The number of carboxylic acid groups (broad SMARTS) is 1. The van der Waals surface area contributed by atoms with E-state index in [1.165, 1.54) is 6.42 Å². The van der Waals surface area contributed by atoms with Crippen LogP contribution in [0.5, 0.6) is 0 Å². The van der Waals surface area contributed by atoms with Crippen LogP contribution in [0.1, 0.15) is 53.9 Å². The number of carbonyl (C=O) groups is 1. The average molecular weight is 242 g/mol. The Balaban J connectivity index is 2.73. The Hall–Kier alpha value is -0.570. The molecule has 1 aliphatic rings. The summed E-state index contributed by atoms with van der Waals surface area (Å²) in [5.74, 6) is 0.805. The van der Waals surface area contributed by atoms with E-state index in [0.29, 0.717) is 17.8 Å². The predicted molar refractivity (Wildman–Crippen MR) is 67.9 cm³/mol. The van der Waals surface area contributed by atoms with Crippen LogP contribution >= 0.6 is 0 Å². The smallest absolute Gasteiger partial charge is 0.335 e. The Labute approximate surface area is 105 Å². The Morgan fingerprint density at radius 3 is 2.41 bits per heavy atom. The van der Waals surface area contributed by atoms with Crippen molar-refractivity contribution in [2.45, 2.75) is 65.6 Å². The molecule has 0 aromatic heterocycles. The van der Waals surface area contributed by atoms with Crippen LogP contribution < -0.4 is 0 Å². The molecular weight excluding hydrogens is 216 g/mol. The third-order valence-electron chi connectivity index (χ3n) is 3.92. The van der Waals surface area contributed by atoms with E-state index in [4.69, 9.17) is 9.84 Å². The molecule has 0 aromatic carbocycles. The first-order chi connectivity index (χ1) is 7.74. The first-order valence-corrected chi connectivity index (χ1v) is 6.65. The molecule has 3 atom stereocenters. The van der Waals surface area contributed by atoms with E-state index in [0.717, 1.165) is 12.8 Å². The SMILES string of the molecule is CC1CCC(C(C)C)C(OC(C)(C)C(=O)O)C1. The van der Waals surface area contributed by atoms with Gasteiger partial charge >= 0.3 is 5.97 Å². The van der Waals surface area contributed by atoms with Crippen LogP contribution in [0.3, 0.4) is 0 Å². The van der Waals surface area contributed by atoms with Gasteiger partial charge in [0.05, 0.1) is 6.10 Å². The lowest BCUT2D eigenvalue weighted by molar-refractivity contribution is -0.177. The number of ether oxygens (including phenoxy) is 1. The maximum Gasteiger partial charge on any atom is 0.335 e. The fourth-order valence-corrected chi connectivity index (χ4v) is 2.68. The standard InChI is InChI=1S/C14H26O3/c1-9(2)11-7-6-10(3)8-12(11)17-14(4,5)13(15)16/h9-12H,6-8H2,1-5H3,(H,15,16). The van der Waals surface area contributed by atoms with Crippen molar-refractivity contribution in [2.75, 3.05) is 0 Å². The summed E-state index contributed by atoms with van der Waals surface area (Å²) in [6.45, 7) is 9.91. The third kappa shape index (κ3) is 3.70. The van der Waals surface area contributed by atoms with Crippen LogP contribution in [0.15, 0.2) is 0 Å². The van der Waals surface area contributed by atoms with Crippen molar-refractivity contribution in [1.29, 1.82) is 0 Å². The molecule has 0 radical (unpaired) electrons. The summed E-state index contributed by atoms with van der Waals surface area (Å²) in [6.07, 6.45) is 3.46. The molecular formula is C14H26O3. The van der Waals surface area contributed by atoms with Gasteiger partial charge in [0.15, 0.2) is 5.60 Å². The molecule has 1 aliphatic carbocycles. The summed E-state index contributed by atoms with van der Waals surface area (Å²) in [6, 6.07) is 0. The molecule has 0 heterocycles. The molecule has 0 aliphatic heterocycles. The van der Waals surface area contributed by atoms with Crippen molar-refractivity contribution in [3.63, 3.8) is 0 Å². The molecule has 1 saturated carbocycles. The highest BCUT2D eigenvalue weighted by atomic mass is 16.5. The monoisotopic (exact) mass is 242 g/mol. The van der Waals surface area contributed by atoms with Gasteiger partial charge in [0.25, 0.3) is 0 Å². The highest BCUT2D eigenvalue weighted by Gasteiger charge is 2.38. The maximum absolute atomic E-state index is 11.1. The van der Waals surface area contributed by atoms with Gasteiger partial charge in [0.2, 0.25) is 0 Å². The minimum absolute atomic E-state index is 0.0878. The van der Waals surface area contributed by atoms with E-state index in [9.17, 15) is 4.79 Å². The quantitative estimate of drug-likeness (QED) is 0.822. The zero-order valence-corrected chi connectivity index (χ0v) is 11.7. The maximum atomic E-state index is 11.1. The number of rotatable bonds is 4. The van der Waals surface area contributed by atoms with Crippen LogP contribution in [-0.2, 0) is 9.53 Å². The topological polar surface area (TPSA) is 46.5 Å². The van der Waals surface area contributed by atoms with Crippen LogP contribution in [0.2, 0.25) is 0 Å². The molecule has 1 N–H and O–H groups in total. The highest BCUT2D eigenvalue weighted by Crippen LogP contribution is 2.37. The zero-order valence-electron chi connectivity index (χ0n) is 11.7. The van der Waals surface area contributed by atoms with E-state index in [2.05, 4.69) is 20.8 Å². The third-order valence-corrected chi connectivity index (χ3v) is 3.92. The summed E-state index contributed by atoms with van der Waals surface area (Å²) in [4.78, 5) is 11.1. The van der Waals surface area contributed by atoms with Gasteiger partial charge in [0.1, 0.15) is 0 Å². The fraction of sp³-hybridized carbons (Fsp3) is 0.929. The lowest BCUT2D eigenvalue weighted by Crippen LogP contribution is -2.44. The molecule has 17 heavy (non-hydrogen) atoms. The molecule has 1 fully saturated rings. The second-order valence-corrected chi connectivity index (χ2v) is 6.30. The van der Waals surface area contributed by atoms with E-state index in [1.54, 1.807) is 13.8 Å². The minimum Gasteiger partial charge on any atom is -0.479 e. The summed E-state index contributed by atoms with van der Waals surface area (Å²) in [7, 11) is 0. The van der Waals surface area contributed by atoms with E-state index in [1.807, 2.05) is 0 Å². The Kier molecular flexibility index (Phi) is 4.59. The van der Waals surface area contributed by atoms with Gasteiger partial charge < -0.3 is 9.84 Å². The second-order valence-electron chi connectivity index (χ2n) is 6.30. The normalized spacial score (nSPS) is 30.6. The summed E-state index contributed by atoms with van der Waals surface area (Å²) in [5.41, 5.74) is -1.07. The van der Waals surface area contributed by atoms with Crippen LogP contribution in [0, 0.1) is 17.8 Å². The van der Waals surface area contributed by atoms with Gasteiger partial charge in [0, 0.05) is 0 Å². The summed E-state index contributed by atoms with van der Waals surface area (Å²) < 4.78 is 5.88. The summed E-state index contributed by atoms with van der Waals surface area (Å²) >= 11 is 0. The Morgan fingerprint density at radius 2 is 1.94 bits per heavy atom. The minimum atomic E-state index is -1.07.